The summed E-state index contributed by atoms with van der Waals surface area (Å²) in [4.78, 5) is 25.3. The number of methoxy groups -OCH3 is 1. The number of anilines is 1. The number of halogens is 1. The molecule has 0 spiro atoms. The highest BCUT2D eigenvalue weighted by Crippen LogP contribution is 2.37. The first-order chi connectivity index (χ1) is 16.9. The van der Waals surface area contributed by atoms with E-state index in [0.717, 1.165) is 11.3 Å². The van der Waals surface area contributed by atoms with E-state index in [9.17, 15) is 9.59 Å². The van der Waals surface area contributed by atoms with Gasteiger partial charge in [0.15, 0.2) is 11.5 Å². The normalized spacial score (nSPS) is 14.3. The molecule has 3 aromatic rings. The summed E-state index contributed by atoms with van der Waals surface area (Å²) < 4.78 is 17.0. The summed E-state index contributed by atoms with van der Waals surface area (Å²) in [5, 5.41) is 1.49. The van der Waals surface area contributed by atoms with Gasteiger partial charge in [0.25, 0.3) is 11.8 Å². The second kappa shape index (κ2) is 10.5. The highest BCUT2D eigenvalue weighted by Gasteiger charge is 2.34. The Labute approximate surface area is 208 Å². The van der Waals surface area contributed by atoms with Gasteiger partial charge in [0, 0.05) is 0 Å². The quantitative estimate of drug-likeness (QED) is 0.275. The predicted molar refractivity (Wildman–Crippen MR) is 135 cm³/mol. The molecule has 0 aromatic heterocycles. The number of hydrogen-bond donors (Lipinski definition) is 1. The third kappa shape index (κ3) is 5.41. The van der Waals surface area contributed by atoms with Crippen molar-refractivity contribution in [2.24, 2.45) is 0 Å². The van der Waals surface area contributed by atoms with E-state index in [4.69, 9.17) is 25.8 Å². The van der Waals surface area contributed by atoms with E-state index >= 15 is 0 Å². The third-order valence-corrected chi connectivity index (χ3v) is 5.83. The van der Waals surface area contributed by atoms with E-state index in [0.29, 0.717) is 29.4 Å². The molecule has 0 aliphatic carbocycles. The van der Waals surface area contributed by atoms with Gasteiger partial charge in [-0.15, -0.1) is 0 Å². The van der Waals surface area contributed by atoms with Crippen molar-refractivity contribution in [2.75, 3.05) is 25.3 Å². The van der Waals surface area contributed by atoms with Crippen LogP contribution in [0.25, 0.3) is 6.08 Å². The Morgan fingerprint density at radius 2 is 1.69 bits per heavy atom. The van der Waals surface area contributed by atoms with Gasteiger partial charge in [-0.3, -0.25) is 15.0 Å². The fraction of sp³-hybridized carbons (Fsp3) is 0.185. The standard InChI is InChI=1S/C27H25ClN2O5/c1-17-9-10-21(13-18(17)2)34-11-12-35-25-23(28)15-19(16-24(25)33-3)14-22-26(31)29-30(27(22)32)20-7-5-4-6-8-20/h4-10,13-16H,11-12H2,1-3H3,(H,29,31)/b22-14-. The third-order valence-electron chi connectivity index (χ3n) is 5.55. The van der Waals surface area contributed by atoms with Gasteiger partial charge in [-0.2, -0.15) is 0 Å². The lowest BCUT2D eigenvalue weighted by molar-refractivity contribution is -0.117. The molecule has 0 unspecified atom stereocenters. The number of nitrogens with one attached hydrogen (secondary N) is 1. The van der Waals surface area contributed by atoms with E-state index in [1.807, 2.05) is 38.1 Å². The molecule has 2 amide bonds. The minimum atomic E-state index is -0.502. The molecule has 8 heteroatoms. The maximum Gasteiger partial charge on any atom is 0.282 e. The van der Waals surface area contributed by atoms with Crippen LogP contribution >= 0.6 is 11.6 Å². The second-order valence-electron chi connectivity index (χ2n) is 7.95. The van der Waals surface area contributed by atoms with E-state index in [-0.39, 0.29) is 17.2 Å². The van der Waals surface area contributed by atoms with Crippen LogP contribution in [0, 0.1) is 13.8 Å². The fourth-order valence-corrected chi connectivity index (χ4v) is 3.83. The van der Waals surface area contributed by atoms with Crippen molar-refractivity contribution in [3.8, 4) is 17.2 Å². The molecule has 1 N–H and O–H groups in total. The minimum absolute atomic E-state index is 0.0116. The van der Waals surface area contributed by atoms with Crippen molar-refractivity contribution in [2.45, 2.75) is 13.8 Å². The van der Waals surface area contributed by atoms with E-state index in [2.05, 4.69) is 5.43 Å². The Hall–Kier alpha value is -3.97. The Morgan fingerprint density at radius 3 is 2.40 bits per heavy atom. The van der Waals surface area contributed by atoms with Gasteiger partial charge < -0.3 is 14.2 Å². The van der Waals surface area contributed by atoms with E-state index in [1.165, 1.54) is 23.8 Å². The predicted octanol–water partition coefficient (Wildman–Crippen LogP) is 4.88. The molecule has 7 nitrogen and oxygen atoms in total. The maximum atomic E-state index is 12.8. The van der Waals surface area contributed by atoms with Gasteiger partial charge in [0.05, 0.1) is 17.8 Å². The van der Waals surface area contributed by atoms with Crippen molar-refractivity contribution in [3.05, 3.63) is 87.9 Å². The Bertz CT molecular complexity index is 1290. The number of rotatable bonds is 8. The molecule has 1 fully saturated rings. The summed E-state index contributed by atoms with van der Waals surface area (Å²) in [6.07, 6.45) is 1.47. The minimum Gasteiger partial charge on any atom is -0.493 e. The van der Waals surface area contributed by atoms with Crippen LogP contribution in [0.2, 0.25) is 5.02 Å². The summed E-state index contributed by atoms with van der Waals surface area (Å²) in [7, 11) is 1.49. The number of para-hydroxylation sites is 1. The average molecular weight is 493 g/mol. The van der Waals surface area contributed by atoms with Gasteiger partial charge in [0.2, 0.25) is 0 Å². The lowest BCUT2D eigenvalue weighted by Crippen LogP contribution is -2.35. The maximum absolute atomic E-state index is 12.8. The number of aryl methyl sites for hydroxylation is 2. The Kier molecular flexibility index (Phi) is 7.27. The molecular formula is C27H25ClN2O5. The van der Waals surface area contributed by atoms with Crippen molar-refractivity contribution < 1.29 is 23.8 Å². The molecule has 35 heavy (non-hydrogen) atoms. The van der Waals surface area contributed by atoms with Crippen molar-refractivity contribution >= 4 is 35.2 Å². The number of amides is 2. The molecule has 0 radical (unpaired) electrons. The number of carbonyl (C=O) groups is 2. The average Bonchev–Trinajstić information content (AvgIpc) is 3.13. The molecule has 1 aliphatic rings. The first kappa shape index (κ1) is 24.2. The largest absolute Gasteiger partial charge is 0.493 e. The molecule has 3 aromatic carbocycles. The summed E-state index contributed by atoms with van der Waals surface area (Å²) in [5.74, 6) is 0.535. The van der Waals surface area contributed by atoms with Gasteiger partial charge in [-0.25, -0.2) is 5.01 Å². The SMILES string of the molecule is COc1cc(/C=C2/C(=O)NN(c3ccccc3)C2=O)cc(Cl)c1OCCOc1ccc(C)c(C)c1. The summed E-state index contributed by atoms with van der Waals surface area (Å²) in [6.45, 7) is 4.64. The van der Waals surface area contributed by atoms with Crippen molar-refractivity contribution in [1.82, 2.24) is 5.43 Å². The summed E-state index contributed by atoms with van der Waals surface area (Å²) in [5.41, 5.74) is 6.01. The zero-order valence-electron chi connectivity index (χ0n) is 19.6. The molecule has 1 saturated heterocycles. The van der Waals surface area contributed by atoms with Crippen molar-refractivity contribution in [3.63, 3.8) is 0 Å². The monoisotopic (exact) mass is 492 g/mol. The molecule has 4 rings (SSSR count). The smallest absolute Gasteiger partial charge is 0.282 e. The second-order valence-corrected chi connectivity index (χ2v) is 8.36. The highest BCUT2D eigenvalue weighted by molar-refractivity contribution is 6.33. The lowest BCUT2D eigenvalue weighted by Gasteiger charge is -2.14. The van der Waals surface area contributed by atoms with E-state index < -0.39 is 11.8 Å². The zero-order valence-corrected chi connectivity index (χ0v) is 20.4. The first-order valence-electron chi connectivity index (χ1n) is 11.0. The zero-order chi connectivity index (χ0) is 24.9. The van der Waals surface area contributed by atoms with E-state index in [1.54, 1.807) is 36.4 Å². The van der Waals surface area contributed by atoms with Crippen LogP contribution in [0.1, 0.15) is 16.7 Å². The van der Waals surface area contributed by atoms with Crippen LogP contribution in [0.5, 0.6) is 17.2 Å². The van der Waals surface area contributed by atoms with Gasteiger partial charge in [-0.1, -0.05) is 35.9 Å². The summed E-state index contributed by atoms with van der Waals surface area (Å²) >= 11 is 6.46. The molecule has 0 bridgehead atoms. The Morgan fingerprint density at radius 1 is 0.943 bits per heavy atom. The van der Waals surface area contributed by atoms with Crippen molar-refractivity contribution in [1.29, 1.82) is 0 Å². The van der Waals surface area contributed by atoms with Crippen LogP contribution in [-0.4, -0.2) is 32.1 Å². The number of nitrogens with zero attached hydrogens (tertiary/aromatic N) is 1. The van der Waals surface area contributed by atoms with Crippen LogP contribution in [0.15, 0.2) is 66.2 Å². The molecule has 180 valence electrons. The number of hydrazine groups is 1. The number of benzene rings is 3. The number of carbonyl (C=O) groups excluding carboxylic acids is 2. The lowest BCUT2D eigenvalue weighted by atomic mass is 10.1. The van der Waals surface area contributed by atoms with Gasteiger partial charge in [0.1, 0.15) is 24.5 Å². The summed E-state index contributed by atoms with van der Waals surface area (Å²) in [6, 6.07) is 18.0. The fourth-order valence-electron chi connectivity index (χ4n) is 3.55. The highest BCUT2D eigenvalue weighted by atomic mass is 35.5. The van der Waals surface area contributed by atoms with Gasteiger partial charge >= 0.3 is 0 Å². The molecule has 1 aliphatic heterocycles. The van der Waals surface area contributed by atoms with Crippen LogP contribution in [-0.2, 0) is 9.59 Å². The molecular weight excluding hydrogens is 468 g/mol. The van der Waals surface area contributed by atoms with Crippen LogP contribution < -0.4 is 24.6 Å². The van der Waals surface area contributed by atoms with Gasteiger partial charge in [-0.05, 0) is 73.0 Å². The van der Waals surface area contributed by atoms with Crippen LogP contribution in [0.4, 0.5) is 5.69 Å². The number of hydrogen-bond acceptors (Lipinski definition) is 5. The number of ether oxygens (including phenoxy) is 3. The molecule has 0 saturated carbocycles. The topological polar surface area (TPSA) is 77.1 Å². The Balaban J connectivity index is 1.46. The first-order valence-corrected chi connectivity index (χ1v) is 11.4. The molecule has 0 atom stereocenters. The molecule has 1 heterocycles. The van der Waals surface area contributed by atoms with Crippen LogP contribution in [0.3, 0.4) is 0 Å².